The summed E-state index contributed by atoms with van der Waals surface area (Å²) in [5.41, 5.74) is 2.30. The number of benzene rings is 1. The molecule has 3 rings (SSSR count). The van der Waals surface area contributed by atoms with Gasteiger partial charge in [-0.05, 0) is 24.3 Å². The summed E-state index contributed by atoms with van der Waals surface area (Å²) in [4.78, 5) is 28.1. The number of esters is 1. The second-order valence-corrected chi connectivity index (χ2v) is 5.50. The highest BCUT2D eigenvalue weighted by Gasteiger charge is 2.19. The highest BCUT2D eigenvalue weighted by molar-refractivity contribution is 6.05. The van der Waals surface area contributed by atoms with Gasteiger partial charge >= 0.3 is 5.97 Å². The van der Waals surface area contributed by atoms with Crippen LogP contribution >= 0.6 is 0 Å². The number of aromatic nitrogens is 3. The fourth-order valence-electron chi connectivity index (χ4n) is 2.61. The zero-order valence-electron chi connectivity index (χ0n) is 14.6. The van der Waals surface area contributed by atoms with Crippen LogP contribution in [0.2, 0.25) is 0 Å². The number of fused-ring (bicyclic) bond motifs is 1. The van der Waals surface area contributed by atoms with Crippen LogP contribution in [0.15, 0.2) is 36.4 Å². The van der Waals surface area contributed by atoms with Crippen LogP contribution in [0.25, 0.3) is 22.3 Å². The zero-order valence-corrected chi connectivity index (χ0v) is 14.6. The molecule has 3 aromatic rings. The van der Waals surface area contributed by atoms with Crippen molar-refractivity contribution in [3.63, 3.8) is 0 Å². The maximum Gasteiger partial charge on any atom is 0.325 e. The van der Waals surface area contributed by atoms with Crippen molar-refractivity contribution in [1.82, 2.24) is 20.1 Å². The summed E-state index contributed by atoms with van der Waals surface area (Å²) in [5.74, 6) is -0.291. The Balaban J connectivity index is 1.98. The fourth-order valence-corrected chi connectivity index (χ4v) is 2.61. The first kappa shape index (κ1) is 17.4. The first-order chi connectivity index (χ1) is 12.5. The van der Waals surface area contributed by atoms with Gasteiger partial charge in [0.15, 0.2) is 11.3 Å². The number of hydrogen-bond donors (Lipinski definition) is 1. The van der Waals surface area contributed by atoms with Crippen molar-refractivity contribution in [3.8, 4) is 17.0 Å². The van der Waals surface area contributed by atoms with Crippen LogP contribution in [0.1, 0.15) is 10.5 Å². The molecule has 26 heavy (non-hydrogen) atoms. The first-order valence-electron chi connectivity index (χ1n) is 7.87. The molecule has 0 saturated carbocycles. The van der Waals surface area contributed by atoms with Gasteiger partial charge in [-0.15, -0.1) is 0 Å². The van der Waals surface area contributed by atoms with E-state index in [-0.39, 0.29) is 12.2 Å². The van der Waals surface area contributed by atoms with Gasteiger partial charge in [0.2, 0.25) is 0 Å². The third-order valence-corrected chi connectivity index (χ3v) is 3.91. The molecule has 0 bridgehead atoms. The summed E-state index contributed by atoms with van der Waals surface area (Å²) in [6.07, 6.45) is 0. The Morgan fingerprint density at radius 2 is 1.92 bits per heavy atom. The molecular formula is C18H18N4O4. The highest BCUT2D eigenvalue weighted by Crippen LogP contribution is 2.29. The van der Waals surface area contributed by atoms with Gasteiger partial charge in [0, 0.05) is 12.6 Å². The molecule has 1 amide bonds. The topological polar surface area (TPSA) is 95.3 Å². The summed E-state index contributed by atoms with van der Waals surface area (Å²) < 4.78 is 11.4. The maximum absolute atomic E-state index is 12.3. The second kappa shape index (κ2) is 7.22. The van der Waals surface area contributed by atoms with Gasteiger partial charge in [0.1, 0.15) is 12.3 Å². The van der Waals surface area contributed by atoms with Crippen molar-refractivity contribution in [2.45, 2.75) is 0 Å². The molecule has 2 aromatic heterocycles. The molecule has 0 radical (unpaired) electrons. The monoisotopic (exact) mass is 354 g/mol. The van der Waals surface area contributed by atoms with Gasteiger partial charge in [-0.1, -0.05) is 12.1 Å². The third kappa shape index (κ3) is 3.21. The highest BCUT2D eigenvalue weighted by atomic mass is 16.5. The lowest BCUT2D eigenvalue weighted by Crippen LogP contribution is -2.30. The molecule has 0 atom stereocenters. The van der Waals surface area contributed by atoms with E-state index in [9.17, 15) is 9.59 Å². The van der Waals surface area contributed by atoms with Crippen molar-refractivity contribution >= 4 is 22.9 Å². The predicted molar refractivity (Wildman–Crippen MR) is 94.8 cm³/mol. The van der Waals surface area contributed by atoms with E-state index in [4.69, 9.17) is 4.74 Å². The molecule has 1 N–H and O–H groups in total. The maximum atomic E-state index is 12.3. The number of pyridine rings is 1. The Labute approximate surface area is 149 Å². The molecule has 0 aliphatic rings. The molecule has 0 spiro atoms. The fraction of sp³-hybridized carbons (Fsp3) is 0.222. The lowest BCUT2D eigenvalue weighted by molar-refractivity contribution is -0.139. The van der Waals surface area contributed by atoms with Gasteiger partial charge in [-0.25, -0.2) is 9.67 Å². The van der Waals surface area contributed by atoms with Crippen LogP contribution in [0, 0.1) is 0 Å². The molecule has 2 heterocycles. The van der Waals surface area contributed by atoms with Crippen molar-refractivity contribution in [2.24, 2.45) is 7.05 Å². The normalized spacial score (nSPS) is 10.6. The number of nitrogens with zero attached hydrogens (tertiary/aromatic N) is 3. The van der Waals surface area contributed by atoms with Crippen molar-refractivity contribution in [1.29, 1.82) is 0 Å². The van der Waals surface area contributed by atoms with Crippen molar-refractivity contribution in [3.05, 3.63) is 42.1 Å². The average molecular weight is 354 g/mol. The molecule has 0 saturated heterocycles. The van der Waals surface area contributed by atoms with Crippen LogP contribution in [-0.4, -0.2) is 47.4 Å². The summed E-state index contributed by atoms with van der Waals surface area (Å²) >= 11 is 0. The average Bonchev–Trinajstić information content (AvgIpc) is 3.01. The Bertz CT molecular complexity index is 980. The van der Waals surface area contributed by atoms with Crippen LogP contribution in [0.5, 0.6) is 5.75 Å². The van der Waals surface area contributed by atoms with E-state index >= 15 is 0 Å². The summed E-state index contributed by atoms with van der Waals surface area (Å²) in [7, 11) is 4.57. The molecule has 0 aliphatic heterocycles. The number of nitrogens with one attached hydrogen (secondary N) is 1. The zero-order chi connectivity index (χ0) is 18.7. The molecule has 8 heteroatoms. The number of hydrogen-bond acceptors (Lipinski definition) is 6. The van der Waals surface area contributed by atoms with Crippen molar-refractivity contribution < 1.29 is 19.1 Å². The van der Waals surface area contributed by atoms with Gasteiger partial charge in [0.05, 0.1) is 25.3 Å². The van der Waals surface area contributed by atoms with Gasteiger partial charge < -0.3 is 14.8 Å². The number of aryl methyl sites for hydroxylation is 1. The summed E-state index contributed by atoms with van der Waals surface area (Å²) in [6.45, 7) is -0.222. The van der Waals surface area contributed by atoms with E-state index in [1.54, 1.807) is 26.3 Å². The standard InChI is InChI=1S/C18H18N4O4/c1-22-17-12(16(21-22)18(24)19-10-15(23)26-3)8-9-13(20-17)11-6-4-5-7-14(11)25-2/h4-9H,10H2,1-3H3,(H,19,24). The van der Waals surface area contributed by atoms with Crippen LogP contribution in [0.3, 0.4) is 0 Å². The first-order valence-corrected chi connectivity index (χ1v) is 7.87. The quantitative estimate of drug-likeness (QED) is 0.699. The SMILES string of the molecule is COC(=O)CNC(=O)c1nn(C)c2nc(-c3ccccc3OC)ccc12. The van der Waals surface area contributed by atoms with Crippen molar-refractivity contribution in [2.75, 3.05) is 20.8 Å². The van der Waals surface area contributed by atoms with E-state index in [1.165, 1.54) is 11.8 Å². The van der Waals surface area contributed by atoms with Gasteiger partial charge in [-0.2, -0.15) is 5.10 Å². The number of amides is 1. The lowest BCUT2D eigenvalue weighted by atomic mass is 10.1. The van der Waals surface area contributed by atoms with E-state index in [0.29, 0.717) is 22.5 Å². The predicted octanol–water partition coefficient (Wildman–Crippen LogP) is 1.55. The molecule has 134 valence electrons. The number of para-hydroxylation sites is 1. The molecular weight excluding hydrogens is 336 g/mol. The van der Waals surface area contributed by atoms with E-state index < -0.39 is 11.9 Å². The van der Waals surface area contributed by atoms with Crippen LogP contribution < -0.4 is 10.1 Å². The lowest BCUT2D eigenvalue weighted by Gasteiger charge is -2.07. The number of rotatable bonds is 5. The second-order valence-electron chi connectivity index (χ2n) is 5.50. The largest absolute Gasteiger partial charge is 0.496 e. The van der Waals surface area contributed by atoms with Crippen LogP contribution in [-0.2, 0) is 16.6 Å². The molecule has 0 aliphatic carbocycles. The number of carbonyl (C=O) groups is 2. The van der Waals surface area contributed by atoms with E-state index in [2.05, 4.69) is 20.1 Å². The number of methoxy groups -OCH3 is 2. The number of ether oxygens (including phenoxy) is 2. The summed E-state index contributed by atoms with van der Waals surface area (Å²) in [6, 6.07) is 11.1. The Hall–Kier alpha value is -3.42. The van der Waals surface area contributed by atoms with Gasteiger partial charge in [0.25, 0.3) is 5.91 Å². The molecule has 0 unspecified atom stereocenters. The Morgan fingerprint density at radius 3 is 2.65 bits per heavy atom. The summed E-state index contributed by atoms with van der Waals surface area (Å²) in [5, 5.41) is 7.30. The minimum Gasteiger partial charge on any atom is -0.496 e. The minimum atomic E-state index is -0.532. The van der Waals surface area contributed by atoms with E-state index in [0.717, 1.165) is 5.56 Å². The molecule has 0 fully saturated rings. The Kier molecular flexibility index (Phi) is 4.83. The Morgan fingerprint density at radius 1 is 1.15 bits per heavy atom. The smallest absolute Gasteiger partial charge is 0.325 e. The molecule has 1 aromatic carbocycles. The minimum absolute atomic E-state index is 0.200. The molecule has 8 nitrogen and oxygen atoms in total. The van der Waals surface area contributed by atoms with Crippen LogP contribution in [0.4, 0.5) is 0 Å². The number of carbonyl (C=O) groups excluding carboxylic acids is 2. The third-order valence-electron chi connectivity index (χ3n) is 3.91. The van der Waals surface area contributed by atoms with E-state index in [1.807, 2.05) is 24.3 Å². The van der Waals surface area contributed by atoms with Gasteiger partial charge in [-0.3, -0.25) is 9.59 Å².